The lowest BCUT2D eigenvalue weighted by molar-refractivity contribution is 0.0635. The lowest BCUT2D eigenvalue weighted by Crippen LogP contribution is -2.27. The minimum Gasteiger partial charge on any atom is -0.444 e. The number of anilines is 3. The number of carbonyl (C=O) groups is 1. The number of benzene rings is 1. The Balaban J connectivity index is 2.02. The number of hydrogen-bond donors (Lipinski definition) is 2. The average Bonchev–Trinajstić information content (AvgIpc) is 2.44. The highest BCUT2D eigenvalue weighted by molar-refractivity contribution is 6.43. The lowest BCUT2D eigenvalue weighted by atomic mass is 10.2. The third-order valence-electron chi connectivity index (χ3n) is 2.51. The van der Waals surface area contributed by atoms with Crippen molar-refractivity contribution in [2.75, 3.05) is 10.6 Å². The van der Waals surface area contributed by atoms with Crippen LogP contribution in [0.5, 0.6) is 0 Å². The van der Waals surface area contributed by atoms with Crippen molar-refractivity contribution in [3.05, 3.63) is 40.4 Å². The van der Waals surface area contributed by atoms with Crippen molar-refractivity contribution >= 4 is 46.6 Å². The first-order valence-corrected chi connectivity index (χ1v) is 7.55. The van der Waals surface area contributed by atoms with Crippen LogP contribution >= 0.6 is 23.2 Å². The van der Waals surface area contributed by atoms with Crippen molar-refractivity contribution in [3.63, 3.8) is 0 Å². The molecule has 8 heteroatoms. The van der Waals surface area contributed by atoms with E-state index in [1.165, 1.54) is 0 Å². The van der Waals surface area contributed by atoms with Gasteiger partial charge >= 0.3 is 6.09 Å². The standard InChI is InChI=1S/C15H16Cl2N4O2/c1-15(2,3)23-14(22)19-12-8-7-11(20-21-12)18-10-6-4-5-9(16)13(10)17/h4-8H,1-3H3,(H,18,20)(H,19,21,22). The molecule has 1 aromatic heterocycles. The highest BCUT2D eigenvalue weighted by atomic mass is 35.5. The molecule has 2 N–H and O–H groups in total. The second kappa shape index (κ2) is 7.02. The number of aromatic nitrogens is 2. The Kier molecular flexibility index (Phi) is 5.28. The summed E-state index contributed by atoms with van der Waals surface area (Å²) in [5.41, 5.74) is 0.0313. The number of ether oxygens (including phenoxy) is 1. The second-order valence-corrected chi connectivity index (χ2v) is 6.44. The Morgan fingerprint density at radius 3 is 2.35 bits per heavy atom. The van der Waals surface area contributed by atoms with Crippen molar-refractivity contribution in [2.45, 2.75) is 26.4 Å². The van der Waals surface area contributed by atoms with Crippen LogP contribution in [0.3, 0.4) is 0 Å². The number of carbonyl (C=O) groups excluding carboxylic acids is 1. The van der Waals surface area contributed by atoms with Crippen molar-refractivity contribution < 1.29 is 9.53 Å². The molecule has 2 rings (SSSR count). The Morgan fingerprint density at radius 2 is 1.74 bits per heavy atom. The second-order valence-electron chi connectivity index (χ2n) is 5.66. The third-order valence-corrected chi connectivity index (χ3v) is 3.33. The molecule has 0 atom stereocenters. The number of hydrogen-bond acceptors (Lipinski definition) is 5. The van der Waals surface area contributed by atoms with E-state index in [1.54, 1.807) is 51.1 Å². The van der Waals surface area contributed by atoms with Crippen molar-refractivity contribution in [2.24, 2.45) is 0 Å². The summed E-state index contributed by atoms with van der Waals surface area (Å²) in [7, 11) is 0. The zero-order chi connectivity index (χ0) is 17.0. The van der Waals surface area contributed by atoms with E-state index >= 15 is 0 Å². The van der Waals surface area contributed by atoms with Crippen LogP contribution in [0, 0.1) is 0 Å². The molecule has 1 heterocycles. The summed E-state index contributed by atoms with van der Waals surface area (Å²) in [6.45, 7) is 5.33. The smallest absolute Gasteiger partial charge is 0.413 e. The molecular weight excluding hydrogens is 339 g/mol. The molecule has 0 fully saturated rings. The van der Waals surface area contributed by atoms with E-state index < -0.39 is 11.7 Å². The summed E-state index contributed by atoms with van der Waals surface area (Å²) in [4.78, 5) is 11.6. The fourth-order valence-corrected chi connectivity index (χ4v) is 1.96. The van der Waals surface area contributed by atoms with Crippen LogP contribution < -0.4 is 10.6 Å². The maximum absolute atomic E-state index is 11.6. The first kappa shape index (κ1) is 17.3. The molecule has 6 nitrogen and oxygen atoms in total. The predicted octanol–water partition coefficient (Wildman–Crippen LogP) is 4.87. The monoisotopic (exact) mass is 354 g/mol. The maximum atomic E-state index is 11.6. The Bertz CT molecular complexity index is 700. The van der Waals surface area contributed by atoms with E-state index in [0.717, 1.165) is 0 Å². The van der Waals surface area contributed by atoms with Crippen LogP contribution in [-0.4, -0.2) is 21.9 Å². The summed E-state index contributed by atoms with van der Waals surface area (Å²) in [5.74, 6) is 0.742. The quantitative estimate of drug-likeness (QED) is 0.821. The molecule has 23 heavy (non-hydrogen) atoms. The minimum absolute atomic E-state index is 0.280. The molecule has 0 unspecified atom stereocenters. The van der Waals surface area contributed by atoms with Crippen LogP contribution in [0.25, 0.3) is 0 Å². The SMILES string of the molecule is CC(C)(C)OC(=O)Nc1ccc(Nc2cccc(Cl)c2Cl)nn1. The van der Waals surface area contributed by atoms with Gasteiger partial charge < -0.3 is 10.1 Å². The maximum Gasteiger partial charge on any atom is 0.413 e. The molecule has 0 radical (unpaired) electrons. The topological polar surface area (TPSA) is 76.1 Å². The van der Waals surface area contributed by atoms with Crippen molar-refractivity contribution in [1.29, 1.82) is 0 Å². The first-order chi connectivity index (χ1) is 10.7. The van der Waals surface area contributed by atoms with E-state index in [-0.39, 0.29) is 5.82 Å². The van der Waals surface area contributed by atoms with Crippen LogP contribution in [0.4, 0.5) is 22.1 Å². The van der Waals surface area contributed by atoms with Gasteiger partial charge in [0.05, 0.1) is 15.7 Å². The molecule has 1 amide bonds. The summed E-state index contributed by atoms with van der Waals surface area (Å²) < 4.78 is 5.13. The number of rotatable bonds is 3. The largest absolute Gasteiger partial charge is 0.444 e. The highest BCUT2D eigenvalue weighted by Gasteiger charge is 2.16. The third kappa shape index (κ3) is 5.26. The Hall–Kier alpha value is -2.05. The molecule has 0 aliphatic carbocycles. The average molecular weight is 355 g/mol. The zero-order valence-electron chi connectivity index (χ0n) is 12.9. The van der Waals surface area contributed by atoms with E-state index in [1.807, 2.05) is 0 Å². The van der Waals surface area contributed by atoms with Gasteiger partial charge in [0.1, 0.15) is 5.60 Å². The molecule has 0 saturated heterocycles. The summed E-state index contributed by atoms with van der Waals surface area (Å²) in [5, 5.41) is 14.2. The van der Waals surface area contributed by atoms with E-state index in [9.17, 15) is 4.79 Å². The van der Waals surface area contributed by atoms with Crippen molar-refractivity contribution in [3.8, 4) is 0 Å². The first-order valence-electron chi connectivity index (χ1n) is 6.79. The molecule has 1 aromatic carbocycles. The normalized spacial score (nSPS) is 11.0. The van der Waals surface area contributed by atoms with Gasteiger partial charge in [-0.05, 0) is 45.0 Å². The van der Waals surface area contributed by atoms with Crippen LogP contribution in [0.2, 0.25) is 10.0 Å². The zero-order valence-corrected chi connectivity index (χ0v) is 14.4. The minimum atomic E-state index is -0.592. The van der Waals surface area contributed by atoms with Gasteiger partial charge in [-0.15, -0.1) is 10.2 Å². The van der Waals surface area contributed by atoms with Gasteiger partial charge in [0.15, 0.2) is 11.6 Å². The van der Waals surface area contributed by atoms with Gasteiger partial charge in [0.2, 0.25) is 0 Å². The highest BCUT2D eigenvalue weighted by Crippen LogP contribution is 2.31. The predicted molar refractivity (Wildman–Crippen MR) is 91.6 cm³/mol. The van der Waals surface area contributed by atoms with Gasteiger partial charge in [0.25, 0.3) is 0 Å². The molecule has 0 saturated carbocycles. The van der Waals surface area contributed by atoms with E-state index in [0.29, 0.717) is 21.6 Å². The fraction of sp³-hybridized carbons (Fsp3) is 0.267. The summed E-state index contributed by atoms with van der Waals surface area (Å²) in [6.07, 6.45) is -0.592. The molecule has 122 valence electrons. The van der Waals surface area contributed by atoms with Crippen LogP contribution in [0.15, 0.2) is 30.3 Å². The Morgan fingerprint density at radius 1 is 1.09 bits per heavy atom. The van der Waals surface area contributed by atoms with Gasteiger partial charge in [-0.25, -0.2) is 4.79 Å². The number of nitrogens with zero attached hydrogens (tertiary/aromatic N) is 2. The van der Waals surface area contributed by atoms with Gasteiger partial charge in [-0.2, -0.15) is 0 Å². The van der Waals surface area contributed by atoms with Gasteiger partial charge in [-0.1, -0.05) is 29.3 Å². The fourth-order valence-electron chi connectivity index (χ4n) is 1.61. The number of nitrogens with one attached hydrogen (secondary N) is 2. The Labute approximate surface area is 144 Å². The molecular formula is C15H16Cl2N4O2. The van der Waals surface area contributed by atoms with Crippen LogP contribution in [0.1, 0.15) is 20.8 Å². The molecule has 0 aliphatic rings. The summed E-state index contributed by atoms with van der Waals surface area (Å²) in [6, 6.07) is 8.47. The lowest BCUT2D eigenvalue weighted by Gasteiger charge is -2.19. The van der Waals surface area contributed by atoms with E-state index in [2.05, 4.69) is 20.8 Å². The molecule has 2 aromatic rings. The molecule has 0 aliphatic heterocycles. The van der Waals surface area contributed by atoms with E-state index in [4.69, 9.17) is 27.9 Å². The van der Waals surface area contributed by atoms with Gasteiger partial charge in [-0.3, -0.25) is 5.32 Å². The van der Waals surface area contributed by atoms with Crippen LogP contribution in [-0.2, 0) is 4.74 Å². The van der Waals surface area contributed by atoms with Crippen molar-refractivity contribution in [1.82, 2.24) is 10.2 Å². The summed E-state index contributed by atoms with van der Waals surface area (Å²) >= 11 is 12.0. The molecule has 0 bridgehead atoms. The number of halogens is 2. The number of amides is 1. The van der Waals surface area contributed by atoms with Gasteiger partial charge in [0, 0.05) is 0 Å². The molecule has 0 spiro atoms.